The molecule has 5 heteroatoms. The average Bonchev–Trinajstić information content (AvgIpc) is 2.83. The quantitative estimate of drug-likeness (QED) is 0.881. The van der Waals surface area contributed by atoms with Gasteiger partial charge >= 0.3 is 0 Å². The molecule has 0 fully saturated rings. The first-order valence-corrected chi connectivity index (χ1v) is 7.94. The minimum Gasteiger partial charge on any atom is -0.487 e. The Bertz CT molecular complexity index is 596. The van der Waals surface area contributed by atoms with E-state index in [-0.39, 0.29) is 11.9 Å². The first kappa shape index (κ1) is 15.9. The molecule has 0 aliphatic rings. The molecule has 114 valence electrons. The number of nitrogens with two attached hydrogens (primary N) is 1. The lowest BCUT2D eigenvalue weighted by Crippen LogP contribution is -2.17. The average molecular weight is 308 g/mol. The second-order valence-corrected chi connectivity index (χ2v) is 6.49. The molecule has 0 saturated carbocycles. The van der Waals surface area contributed by atoms with Crippen molar-refractivity contribution in [1.29, 1.82) is 0 Å². The highest BCUT2D eigenvalue weighted by Crippen LogP contribution is 2.22. The Morgan fingerprint density at radius 1 is 1.29 bits per heavy atom. The molecule has 1 aromatic carbocycles. The molecule has 21 heavy (non-hydrogen) atoms. The van der Waals surface area contributed by atoms with E-state index in [1.54, 1.807) is 11.3 Å². The molecule has 1 unspecified atom stereocenters. The number of rotatable bonds is 6. The van der Waals surface area contributed by atoms with E-state index in [0.29, 0.717) is 24.7 Å². The summed E-state index contributed by atoms with van der Waals surface area (Å²) >= 11 is 1.63. The van der Waals surface area contributed by atoms with E-state index in [1.807, 2.05) is 18.4 Å². The molecular weight excluding hydrogens is 287 g/mol. The zero-order valence-corrected chi connectivity index (χ0v) is 13.4. The van der Waals surface area contributed by atoms with Crippen LogP contribution in [0.25, 0.3) is 0 Å². The normalized spacial score (nSPS) is 12.7. The summed E-state index contributed by atoms with van der Waals surface area (Å²) in [6, 6.07) is 4.71. The maximum Gasteiger partial charge on any atom is 0.131 e. The van der Waals surface area contributed by atoms with E-state index in [2.05, 4.69) is 18.8 Å². The standard InChI is InChI=1S/C16H21FN2OS/c1-10(2)16-19-14(9-21-16)8-20-15-6-12(4-11(3)18)5-13(17)7-15/h5-7,9-11H,4,8,18H2,1-3H3. The minimum atomic E-state index is -0.302. The lowest BCUT2D eigenvalue weighted by atomic mass is 10.1. The van der Waals surface area contributed by atoms with Crippen LogP contribution < -0.4 is 10.5 Å². The van der Waals surface area contributed by atoms with Crippen LogP contribution in [0.3, 0.4) is 0 Å². The van der Waals surface area contributed by atoms with Crippen LogP contribution in [-0.2, 0) is 13.0 Å². The Balaban J connectivity index is 2.03. The first-order valence-electron chi connectivity index (χ1n) is 7.06. The summed E-state index contributed by atoms with van der Waals surface area (Å²) in [6.45, 7) is 6.46. The molecule has 0 aliphatic carbocycles. The van der Waals surface area contributed by atoms with Crippen LogP contribution >= 0.6 is 11.3 Å². The van der Waals surface area contributed by atoms with Crippen LogP contribution in [0.4, 0.5) is 4.39 Å². The maximum atomic E-state index is 13.6. The molecule has 2 N–H and O–H groups in total. The van der Waals surface area contributed by atoms with Crippen LogP contribution in [0.5, 0.6) is 5.75 Å². The van der Waals surface area contributed by atoms with Crippen LogP contribution in [0.2, 0.25) is 0 Å². The van der Waals surface area contributed by atoms with Crippen LogP contribution in [0, 0.1) is 5.82 Å². The van der Waals surface area contributed by atoms with E-state index in [1.165, 1.54) is 12.1 Å². The van der Waals surface area contributed by atoms with Crippen LogP contribution in [0.1, 0.15) is 43.0 Å². The zero-order valence-electron chi connectivity index (χ0n) is 12.6. The maximum absolute atomic E-state index is 13.6. The molecule has 1 heterocycles. The van der Waals surface area contributed by atoms with E-state index >= 15 is 0 Å². The van der Waals surface area contributed by atoms with Crippen molar-refractivity contribution >= 4 is 11.3 Å². The fourth-order valence-corrected chi connectivity index (χ4v) is 2.82. The monoisotopic (exact) mass is 308 g/mol. The number of halogens is 1. The van der Waals surface area contributed by atoms with Gasteiger partial charge in [0.1, 0.15) is 18.2 Å². The molecule has 0 saturated heterocycles. The molecule has 3 nitrogen and oxygen atoms in total. The third-order valence-electron chi connectivity index (χ3n) is 2.94. The summed E-state index contributed by atoms with van der Waals surface area (Å²) in [4.78, 5) is 4.50. The van der Waals surface area contributed by atoms with Gasteiger partial charge in [0.25, 0.3) is 0 Å². The summed E-state index contributed by atoms with van der Waals surface area (Å²) in [7, 11) is 0. The van der Waals surface area contributed by atoms with Crippen molar-refractivity contribution in [2.45, 2.75) is 45.8 Å². The van der Waals surface area contributed by atoms with E-state index in [4.69, 9.17) is 10.5 Å². The predicted molar refractivity (Wildman–Crippen MR) is 84.3 cm³/mol. The topological polar surface area (TPSA) is 48.1 Å². The highest BCUT2D eigenvalue weighted by atomic mass is 32.1. The fourth-order valence-electron chi connectivity index (χ4n) is 2.01. The Kier molecular flexibility index (Phi) is 5.31. The van der Waals surface area contributed by atoms with Crippen LogP contribution in [-0.4, -0.2) is 11.0 Å². The Labute approximate surface area is 129 Å². The molecular formula is C16H21FN2OS. The summed E-state index contributed by atoms with van der Waals surface area (Å²) in [5.74, 6) is 0.629. The summed E-state index contributed by atoms with van der Waals surface area (Å²) in [5.41, 5.74) is 7.47. The molecule has 0 amide bonds. The van der Waals surface area contributed by atoms with Gasteiger partial charge in [-0.05, 0) is 31.0 Å². The van der Waals surface area contributed by atoms with Gasteiger partial charge in [0.2, 0.25) is 0 Å². The summed E-state index contributed by atoms with van der Waals surface area (Å²) in [6.07, 6.45) is 0.627. The number of nitrogens with zero attached hydrogens (tertiary/aromatic N) is 1. The highest BCUT2D eigenvalue weighted by Gasteiger charge is 2.08. The molecule has 1 atom stereocenters. The van der Waals surface area contributed by atoms with Gasteiger partial charge < -0.3 is 10.5 Å². The third kappa shape index (κ3) is 4.79. The molecule has 0 radical (unpaired) electrons. The van der Waals surface area contributed by atoms with E-state index < -0.39 is 0 Å². The molecule has 0 bridgehead atoms. The number of hydrogen-bond acceptors (Lipinski definition) is 4. The summed E-state index contributed by atoms with van der Waals surface area (Å²) < 4.78 is 19.2. The van der Waals surface area contributed by atoms with Crippen molar-refractivity contribution in [3.63, 3.8) is 0 Å². The van der Waals surface area contributed by atoms with Gasteiger partial charge in [-0.15, -0.1) is 11.3 Å². The number of benzene rings is 1. The van der Waals surface area contributed by atoms with Gasteiger partial charge in [-0.3, -0.25) is 0 Å². The van der Waals surface area contributed by atoms with Crippen molar-refractivity contribution in [3.05, 3.63) is 45.7 Å². The minimum absolute atomic E-state index is 0.00760. The second kappa shape index (κ2) is 7.00. The van der Waals surface area contributed by atoms with Crippen molar-refractivity contribution in [3.8, 4) is 5.75 Å². The van der Waals surface area contributed by atoms with Gasteiger partial charge in [0, 0.05) is 23.4 Å². The molecule has 2 aromatic rings. The lowest BCUT2D eigenvalue weighted by molar-refractivity contribution is 0.300. The number of ether oxygens (including phenoxy) is 1. The van der Waals surface area contributed by atoms with Crippen LogP contribution in [0.15, 0.2) is 23.6 Å². The fraction of sp³-hybridized carbons (Fsp3) is 0.438. The van der Waals surface area contributed by atoms with Gasteiger partial charge in [0.15, 0.2) is 0 Å². The second-order valence-electron chi connectivity index (χ2n) is 5.60. The highest BCUT2D eigenvalue weighted by molar-refractivity contribution is 7.09. The van der Waals surface area contributed by atoms with Crippen molar-refractivity contribution < 1.29 is 9.13 Å². The largest absolute Gasteiger partial charge is 0.487 e. The number of thiazole rings is 1. The SMILES string of the molecule is CC(N)Cc1cc(F)cc(OCc2csc(C(C)C)n2)c1. The Morgan fingerprint density at radius 3 is 2.67 bits per heavy atom. The van der Waals surface area contributed by atoms with E-state index in [9.17, 15) is 4.39 Å². The molecule has 1 aromatic heterocycles. The number of aromatic nitrogens is 1. The predicted octanol–water partition coefficient (Wildman–Crippen LogP) is 3.87. The van der Waals surface area contributed by atoms with Gasteiger partial charge in [-0.2, -0.15) is 0 Å². The molecule has 0 aliphatic heterocycles. The van der Waals surface area contributed by atoms with Crippen molar-refractivity contribution in [2.75, 3.05) is 0 Å². The van der Waals surface area contributed by atoms with Gasteiger partial charge in [-0.25, -0.2) is 9.37 Å². The van der Waals surface area contributed by atoms with Gasteiger partial charge in [-0.1, -0.05) is 13.8 Å². The lowest BCUT2D eigenvalue weighted by Gasteiger charge is -2.09. The third-order valence-corrected chi connectivity index (χ3v) is 4.13. The summed E-state index contributed by atoms with van der Waals surface area (Å²) in [5, 5.41) is 3.07. The Hall–Kier alpha value is -1.46. The van der Waals surface area contributed by atoms with Gasteiger partial charge in [0.05, 0.1) is 10.7 Å². The zero-order chi connectivity index (χ0) is 15.4. The van der Waals surface area contributed by atoms with Crippen molar-refractivity contribution in [1.82, 2.24) is 4.98 Å². The Morgan fingerprint density at radius 2 is 2.05 bits per heavy atom. The molecule has 0 spiro atoms. The smallest absolute Gasteiger partial charge is 0.131 e. The number of hydrogen-bond donors (Lipinski definition) is 1. The van der Waals surface area contributed by atoms with E-state index in [0.717, 1.165) is 16.3 Å². The first-order chi connectivity index (χ1) is 9.94. The molecule has 2 rings (SSSR count). The van der Waals surface area contributed by atoms with Crippen molar-refractivity contribution in [2.24, 2.45) is 5.73 Å².